The summed E-state index contributed by atoms with van der Waals surface area (Å²) in [5.41, 5.74) is 5.17. The molecule has 0 saturated carbocycles. The van der Waals surface area contributed by atoms with Gasteiger partial charge in [-0.15, -0.1) is 0 Å². The van der Waals surface area contributed by atoms with Crippen molar-refractivity contribution in [3.05, 3.63) is 89.3 Å². The van der Waals surface area contributed by atoms with E-state index < -0.39 is 18.0 Å². The highest BCUT2D eigenvalue weighted by molar-refractivity contribution is 6.45. The van der Waals surface area contributed by atoms with Crippen molar-refractivity contribution in [3.63, 3.8) is 0 Å². The summed E-state index contributed by atoms with van der Waals surface area (Å²) < 4.78 is 10.8. The van der Waals surface area contributed by atoms with Crippen molar-refractivity contribution < 1.29 is 24.2 Å². The van der Waals surface area contributed by atoms with E-state index in [1.54, 1.807) is 24.0 Å². The largest absolute Gasteiger partial charge is 0.494 e. The smallest absolute Gasteiger partial charge is 0.295 e. The number of hydrogen-bond acceptors (Lipinski definition) is 7. The van der Waals surface area contributed by atoms with Gasteiger partial charge in [-0.05, 0) is 30.9 Å². The number of ether oxygens (including phenoxy) is 2. The number of allylic oxidation sites excluding steroid dienone is 1. The van der Waals surface area contributed by atoms with Crippen molar-refractivity contribution in [1.29, 1.82) is 5.26 Å². The average molecular weight is 551 g/mol. The lowest BCUT2D eigenvalue weighted by atomic mass is 9.93. The van der Waals surface area contributed by atoms with Crippen molar-refractivity contribution in [2.45, 2.75) is 26.1 Å². The Bertz CT molecular complexity index is 1640. The number of fused-ring (bicyclic) bond motifs is 1. The topological polar surface area (TPSA) is 129 Å². The number of H-pyrrole nitrogens is 1. The minimum absolute atomic E-state index is 0.206. The second-order valence-electron chi connectivity index (χ2n) is 9.63. The zero-order chi connectivity index (χ0) is 28.9. The number of amides is 1. The van der Waals surface area contributed by atoms with Crippen LogP contribution in [-0.4, -0.2) is 58.5 Å². The van der Waals surface area contributed by atoms with Crippen molar-refractivity contribution in [3.8, 4) is 23.1 Å². The highest BCUT2D eigenvalue weighted by Crippen LogP contribution is 2.35. The Morgan fingerprint density at radius 3 is 2.46 bits per heavy atom. The number of benzene rings is 2. The highest BCUT2D eigenvalue weighted by Gasteiger charge is 2.30. The van der Waals surface area contributed by atoms with E-state index in [1.165, 1.54) is 19.5 Å². The van der Waals surface area contributed by atoms with E-state index in [9.17, 15) is 20.0 Å². The first kappa shape index (κ1) is 27.8. The molecule has 41 heavy (non-hydrogen) atoms. The third-order valence-electron chi connectivity index (χ3n) is 7.31. The lowest BCUT2D eigenvalue weighted by Crippen LogP contribution is -2.40. The zero-order valence-corrected chi connectivity index (χ0v) is 22.9. The van der Waals surface area contributed by atoms with Gasteiger partial charge in [0.1, 0.15) is 5.75 Å². The normalized spacial score (nSPS) is 14.0. The third kappa shape index (κ3) is 5.48. The maximum absolute atomic E-state index is 13.5. The van der Waals surface area contributed by atoms with E-state index >= 15 is 0 Å². The van der Waals surface area contributed by atoms with E-state index in [2.05, 4.69) is 16.0 Å². The fraction of sp³-hybridized carbons (Fsp3) is 0.250. The standard InChI is InChI=1S/C32H30N4O5/c1-3-41-32(39)23-11-9-22(10-12-23)28-29-27(26(40-2)19-35-28)25(18-34-29)30(37)31(38)36-15-13-21(14-16-36)24(17-33)20-7-5-4-6-8-20/h4-12,18-19,32,34,39H,3,13-16H2,1-2H3. The number of Topliss-reactive ketones (excluding diaryl/α,β-unsaturated/α-hetero) is 1. The molecule has 0 bridgehead atoms. The molecule has 1 fully saturated rings. The molecule has 4 aromatic rings. The summed E-state index contributed by atoms with van der Waals surface area (Å²) in [7, 11) is 1.49. The number of nitrogens with zero attached hydrogens (tertiary/aromatic N) is 3. The van der Waals surface area contributed by atoms with Gasteiger partial charge in [0.2, 0.25) is 0 Å². The number of ketones is 1. The SMILES string of the molecule is CCOC(O)c1ccc(-c2ncc(OC)c3c(C(=O)C(=O)N4CCC(=C(C#N)c5ccccc5)CC4)c[nH]c23)cc1. The van der Waals surface area contributed by atoms with Crippen molar-refractivity contribution >= 4 is 28.2 Å². The van der Waals surface area contributed by atoms with Crippen molar-refractivity contribution in [2.24, 2.45) is 0 Å². The molecular weight excluding hydrogens is 520 g/mol. The maximum atomic E-state index is 13.5. The van der Waals surface area contributed by atoms with Gasteiger partial charge in [-0.2, -0.15) is 5.26 Å². The highest BCUT2D eigenvalue weighted by atomic mass is 16.6. The van der Waals surface area contributed by atoms with Gasteiger partial charge in [0.15, 0.2) is 6.29 Å². The first-order chi connectivity index (χ1) is 20.0. The van der Waals surface area contributed by atoms with Gasteiger partial charge < -0.3 is 24.5 Å². The van der Waals surface area contributed by atoms with Crippen LogP contribution in [0, 0.1) is 11.3 Å². The van der Waals surface area contributed by atoms with Crippen LogP contribution in [0.2, 0.25) is 0 Å². The Kier molecular flexibility index (Phi) is 8.24. The summed E-state index contributed by atoms with van der Waals surface area (Å²) in [5.74, 6) is -0.870. The van der Waals surface area contributed by atoms with E-state index in [-0.39, 0.29) is 5.56 Å². The molecule has 1 unspecified atom stereocenters. The predicted octanol–water partition coefficient (Wildman–Crippen LogP) is 5.05. The number of piperidine rings is 1. The number of carbonyl (C=O) groups is 2. The van der Waals surface area contributed by atoms with E-state index in [1.807, 2.05) is 42.5 Å². The summed E-state index contributed by atoms with van der Waals surface area (Å²) in [6.07, 6.45) is 3.07. The fourth-order valence-corrected chi connectivity index (χ4v) is 5.17. The Labute approximate surface area is 237 Å². The summed E-state index contributed by atoms with van der Waals surface area (Å²) in [5, 5.41) is 20.3. The van der Waals surface area contributed by atoms with Gasteiger partial charge in [0, 0.05) is 37.0 Å². The van der Waals surface area contributed by atoms with E-state index in [0.717, 1.165) is 16.7 Å². The molecule has 2 N–H and O–H groups in total. The van der Waals surface area contributed by atoms with Crippen LogP contribution in [0.15, 0.2) is 72.6 Å². The Hall–Kier alpha value is -4.78. The Balaban J connectivity index is 1.39. The van der Waals surface area contributed by atoms with Gasteiger partial charge in [-0.3, -0.25) is 14.6 Å². The molecule has 3 heterocycles. The van der Waals surface area contributed by atoms with Crippen LogP contribution >= 0.6 is 0 Å². The summed E-state index contributed by atoms with van der Waals surface area (Å²) in [6, 6.07) is 18.9. The summed E-state index contributed by atoms with van der Waals surface area (Å²) in [6.45, 7) is 2.89. The lowest BCUT2D eigenvalue weighted by Gasteiger charge is -2.28. The molecular formula is C32H30N4O5. The predicted molar refractivity (Wildman–Crippen MR) is 154 cm³/mol. The molecule has 208 valence electrons. The first-order valence-corrected chi connectivity index (χ1v) is 13.4. The number of aromatic amines is 1. The first-order valence-electron chi connectivity index (χ1n) is 13.4. The molecule has 1 saturated heterocycles. The van der Waals surface area contributed by atoms with Gasteiger partial charge in [-0.1, -0.05) is 54.6 Å². The molecule has 1 aliphatic rings. The van der Waals surface area contributed by atoms with Gasteiger partial charge >= 0.3 is 0 Å². The molecule has 9 heteroatoms. The molecule has 0 aliphatic carbocycles. The number of aliphatic hydroxyl groups is 1. The summed E-state index contributed by atoms with van der Waals surface area (Å²) >= 11 is 0. The number of carbonyl (C=O) groups excluding carboxylic acids is 2. The Morgan fingerprint density at radius 2 is 1.83 bits per heavy atom. The number of nitrogens with one attached hydrogen (secondary N) is 1. The number of hydrogen-bond donors (Lipinski definition) is 2. The number of likely N-dealkylation sites (tertiary alicyclic amines) is 1. The Morgan fingerprint density at radius 1 is 1.12 bits per heavy atom. The van der Waals surface area contributed by atoms with Gasteiger partial charge in [0.25, 0.3) is 11.7 Å². The molecule has 1 atom stereocenters. The van der Waals surface area contributed by atoms with Crippen LogP contribution in [-0.2, 0) is 9.53 Å². The van der Waals surface area contributed by atoms with Crippen molar-refractivity contribution in [1.82, 2.24) is 14.9 Å². The fourth-order valence-electron chi connectivity index (χ4n) is 5.17. The van der Waals surface area contributed by atoms with E-state index in [0.29, 0.717) is 66.0 Å². The average Bonchev–Trinajstić information content (AvgIpc) is 3.47. The van der Waals surface area contributed by atoms with Crippen LogP contribution in [0.4, 0.5) is 0 Å². The van der Waals surface area contributed by atoms with Gasteiger partial charge in [0.05, 0.1) is 47.1 Å². The molecule has 2 aromatic heterocycles. The molecule has 0 radical (unpaired) electrons. The molecule has 1 amide bonds. The third-order valence-corrected chi connectivity index (χ3v) is 7.31. The van der Waals surface area contributed by atoms with Crippen LogP contribution in [0.1, 0.15) is 47.5 Å². The van der Waals surface area contributed by atoms with Crippen molar-refractivity contribution in [2.75, 3.05) is 26.8 Å². The molecule has 2 aromatic carbocycles. The zero-order valence-electron chi connectivity index (χ0n) is 22.9. The molecule has 9 nitrogen and oxygen atoms in total. The number of aliphatic hydroxyl groups excluding tert-OH is 1. The van der Waals surface area contributed by atoms with Crippen LogP contribution in [0.3, 0.4) is 0 Å². The maximum Gasteiger partial charge on any atom is 0.295 e. The number of rotatable bonds is 8. The van der Waals surface area contributed by atoms with Crippen LogP contribution in [0.25, 0.3) is 27.7 Å². The van der Waals surface area contributed by atoms with Crippen LogP contribution in [0.5, 0.6) is 5.75 Å². The van der Waals surface area contributed by atoms with Gasteiger partial charge in [-0.25, -0.2) is 0 Å². The lowest BCUT2D eigenvalue weighted by molar-refractivity contribution is -0.126. The summed E-state index contributed by atoms with van der Waals surface area (Å²) in [4.78, 5) is 36.1. The molecule has 5 rings (SSSR count). The number of aromatic nitrogens is 2. The monoisotopic (exact) mass is 550 g/mol. The number of methoxy groups -OCH3 is 1. The van der Waals surface area contributed by atoms with Crippen LogP contribution < -0.4 is 4.74 Å². The molecule has 1 aliphatic heterocycles. The molecule has 0 spiro atoms. The minimum atomic E-state index is -1.02. The minimum Gasteiger partial charge on any atom is -0.494 e. The second-order valence-corrected chi connectivity index (χ2v) is 9.63. The number of nitriles is 1. The van der Waals surface area contributed by atoms with E-state index in [4.69, 9.17) is 9.47 Å². The number of pyridine rings is 1. The quantitative estimate of drug-likeness (QED) is 0.136. The second kappa shape index (κ2) is 12.2.